The molecule has 0 amide bonds. The third-order valence-corrected chi connectivity index (χ3v) is 5.24. The van der Waals surface area contributed by atoms with Crippen molar-refractivity contribution in [3.63, 3.8) is 0 Å². The van der Waals surface area contributed by atoms with E-state index in [0.717, 1.165) is 43.0 Å². The highest BCUT2D eigenvalue weighted by Crippen LogP contribution is 2.22. The first-order valence-corrected chi connectivity index (χ1v) is 10.5. The molecule has 3 rings (SSSR count). The predicted octanol–water partition coefficient (Wildman–Crippen LogP) is 4.36. The summed E-state index contributed by atoms with van der Waals surface area (Å²) in [4.78, 5) is 11.4. The first-order valence-electron chi connectivity index (χ1n) is 10.5. The molecule has 164 valence electrons. The van der Waals surface area contributed by atoms with Crippen LogP contribution < -0.4 is 16.0 Å². The van der Waals surface area contributed by atoms with Crippen LogP contribution in [0.15, 0.2) is 41.5 Å². The lowest BCUT2D eigenvalue weighted by molar-refractivity contribution is -0.00545. The number of aliphatic imine (C=N–C) groups is 1. The fraction of sp³-hybridized carbons (Fsp3) is 0.478. The smallest absolute Gasteiger partial charge is 0.193 e. The molecule has 1 fully saturated rings. The number of nitrogens with one attached hydrogen (secondary N) is 1. The van der Waals surface area contributed by atoms with E-state index in [-0.39, 0.29) is 36.2 Å². The number of halogens is 1. The number of rotatable bonds is 6. The summed E-state index contributed by atoms with van der Waals surface area (Å²) in [6, 6.07) is 10.5. The highest BCUT2D eigenvalue weighted by molar-refractivity contribution is 14.0. The van der Waals surface area contributed by atoms with E-state index in [1.54, 1.807) is 0 Å². The standard InChI is InChI=1S/C23H33N5O.HI/c1-5-19-8-7-9-20(6-2)22(19)27-23(24)26-13-18-10-11-21(25-12-18)28-14-16(3)29-17(4)15-28;/h7-12,16-17H,5-6,13-15H2,1-4H3,(H3,24,26,27);1H. The van der Waals surface area contributed by atoms with Gasteiger partial charge in [0.05, 0.1) is 18.8 Å². The molecule has 0 bridgehead atoms. The van der Waals surface area contributed by atoms with Crippen molar-refractivity contribution in [2.75, 3.05) is 23.3 Å². The number of anilines is 2. The fourth-order valence-electron chi connectivity index (χ4n) is 3.81. The van der Waals surface area contributed by atoms with E-state index >= 15 is 0 Å². The van der Waals surface area contributed by atoms with E-state index < -0.39 is 0 Å². The molecule has 0 spiro atoms. The van der Waals surface area contributed by atoms with E-state index in [9.17, 15) is 0 Å². The fourth-order valence-corrected chi connectivity index (χ4v) is 3.81. The SMILES string of the molecule is CCc1cccc(CC)c1NC(N)=NCc1ccc(N2CC(C)OC(C)C2)nc1.I. The Kier molecular flexibility index (Phi) is 9.36. The van der Waals surface area contributed by atoms with Gasteiger partial charge in [0.2, 0.25) is 0 Å². The van der Waals surface area contributed by atoms with E-state index in [1.807, 2.05) is 6.20 Å². The number of para-hydroxylation sites is 1. The van der Waals surface area contributed by atoms with Crippen LogP contribution in [0.4, 0.5) is 11.5 Å². The van der Waals surface area contributed by atoms with Gasteiger partial charge >= 0.3 is 0 Å². The molecule has 1 saturated heterocycles. The molecule has 6 nitrogen and oxygen atoms in total. The minimum absolute atomic E-state index is 0. The van der Waals surface area contributed by atoms with Crippen LogP contribution in [-0.4, -0.2) is 36.2 Å². The number of nitrogens with zero attached hydrogens (tertiary/aromatic N) is 3. The second-order valence-electron chi connectivity index (χ2n) is 7.67. The molecule has 1 aliphatic heterocycles. The van der Waals surface area contributed by atoms with Gasteiger partial charge in [0, 0.05) is 25.0 Å². The molecule has 30 heavy (non-hydrogen) atoms. The van der Waals surface area contributed by atoms with Crippen molar-refractivity contribution < 1.29 is 4.74 Å². The summed E-state index contributed by atoms with van der Waals surface area (Å²) < 4.78 is 5.80. The van der Waals surface area contributed by atoms with Gasteiger partial charge in [0.15, 0.2) is 5.96 Å². The Morgan fingerprint density at radius 3 is 2.30 bits per heavy atom. The van der Waals surface area contributed by atoms with E-state index in [0.29, 0.717) is 12.5 Å². The minimum atomic E-state index is 0. The number of pyridine rings is 1. The zero-order chi connectivity index (χ0) is 20.8. The third kappa shape index (κ3) is 6.31. The van der Waals surface area contributed by atoms with E-state index in [4.69, 9.17) is 10.5 Å². The van der Waals surface area contributed by atoms with Crippen molar-refractivity contribution in [2.45, 2.75) is 59.3 Å². The zero-order valence-corrected chi connectivity index (χ0v) is 20.7. The number of hydrogen-bond acceptors (Lipinski definition) is 4. The van der Waals surface area contributed by atoms with Crippen LogP contribution in [0.1, 0.15) is 44.4 Å². The topological polar surface area (TPSA) is 75.8 Å². The summed E-state index contributed by atoms with van der Waals surface area (Å²) in [6.45, 7) is 10.7. The van der Waals surface area contributed by atoms with Crippen molar-refractivity contribution in [3.8, 4) is 0 Å². The number of aryl methyl sites for hydroxylation is 2. The van der Waals surface area contributed by atoms with Crippen molar-refractivity contribution in [3.05, 3.63) is 53.2 Å². The number of hydrogen-bond donors (Lipinski definition) is 2. The van der Waals surface area contributed by atoms with Gasteiger partial charge in [-0.2, -0.15) is 0 Å². The largest absolute Gasteiger partial charge is 0.372 e. The molecule has 1 aromatic carbocycles. The summed E-state index contributed by atoms with van der Waals surface area (Å²) in [6.07, 6.45) is 4.22. The van der Waals surface area contributed by atoms with Gasteiger partial charge in [-0.1, -0.05) is 38.1 Å². The quantitative estimate of drug-likeness (QED) is 0.334. The van der Waals surface area contributed by atoms with Crippen LogP contribution in [0.3, 0.4) is 0 Å². The molecule has 1 aliphatic rings. The van der Waals surface area contributed by atoms with Crippen LogP contribution in [0.2, 0.25) is 0 Å². The molecule has 1 aromatic heterocycles. The lowest BCUT2D eigenvalue weighted by atomic mass is 10.0. The van der Waals surface area contributed by atoms with Gasteiger partial charge < -0.3 is 20.7 Å². The minimum Gasteiger partial charge on any atom is -0.372 e. The first kappa shape index (κ1) is 24.4. The molecule has 2 unspecified atom stereocenters. The highest BCUT2D eigenvalue weighted by Gasteiger charge is 2.22. The lowest BCUT2D eigenvalue weighted by Crippen LogP contribution is -2.45. The molecule has 2 atom stereocenters. The number of guanidine groups is 1. The number of aromatic nitrogens is 1. The van der Waals surface area contributed by atoms with Gasteiger partial charge in [0.25, 0.3) is 0 Å². The highest BCUT2D eigenvalue weighted by atomic mass is 127. The van der Waals surface area contributed by atoms with Crippen LogP contribution in [0, 0.1) is 0 Å². The maximum atomic E-state index is 6.17. The van der Waals surface area contributed by atoms with Crippen molar-refractivity contribution >= 4 is 41.4 Å². The normalized spacial score (nSPS) is 19.3. The van der Waals surface area contributed by atoms with Crippen LogP contribution in [0.25, 0.3) is 0 Å². The van der Waals surface area contributed by atoms with Gasteiger partial charge in [-0.15, -0.1) is 24.0 Å². The molecule has 2 aromatic rings. The average Bonchev–Trinajstić information content (AvgIpc) is 2.72. The molecular formula is C23H34IN5O. The second kappa shape index (κ2) is 11.5. The van der Waals surface area contributed by atoms with Crippen molar-refractivity contribution in [1.82, 2.24) is 4.98 Å². The van der Waals surface area contributed by atoms with Gasteiger partial charge in [-0.05, 0) is 49.4 Å². The number of benzene rings is 1. The Bertz CT molecular complexity index is 808. The number of ether oxygens (including phenoxy) is 1. The Labute approximate surface area is 197 Å². The average molecular weight is 523 g/mol. The summed E-state index contributed by atoms with van der Waals surface area (Å²) in [5.74, 6) is 1.41. The van der Waals surface area contributed by atoms with Crippen LogP contribution in [-0.2, 0) is 24.1 Å². The van der Waals surface area contributed by atoms with E-state index in [2.05, 4.69) is 78.2 Å². The summed E-state index contributed by atoms with van der Waals surface area (Å²) in [5.41, 5.74) is 10.8. The van der Waals surface area contributed by atoms with E-state index in [1.165, 1.54) is 11.1 Å². The van der Waals surface area contributed by atoms with Crippen molar-refractivity contribution in [1.29, 1.82) is 0 Å². The van der Waals surface area contributed by atoms with Crippen LogP contribution in [0.5, 0.6) is 0 Å². The Balaban J connectivity index is 0.00000320. The van der Waals surface area contributed by atoms with Crippen LogP contribution >= 0.6 is 24.0 Å². The Morgan fingerprint density at radius 2 is 1.77 bits per heavy atom. The summed E-state index contributed by atoms with van der Waals surface area (Å²) in [7, 11) is 0. The second-order valence-corrected chi connectivity index (χ2v) is 7.67. The molecule has 0 saturated carbocycles. The van der Waals surface area contributed by atoms with Gasteiger partial charge in [-0.25, -0.2) is 9.98 Å². The maximum absolute atomic E-state index is 6.17. The first-order chi connectivity index (χ1) is 14.0. The van der Waals surface area contributed by atoms with Gasteiger partial charge in [0.1, 0.15) is 5.82 Å². The maximum Gasteiger partial charge on any atom is 0.193 e. The van der Waals surface area contributed by atoms with Gasteiger partial charge in [-0.3, -0.25) is 0 Å². The molecule has 3 N–H and O–H groups in total. The predicted molar refractivity (Wildman–Crippen MR) is 136 cm³/mol. The Morgan fingerprint density at radius 1 is 1.13 bits per heavy atom. The number of morpholine rings is 1. The molecule has 0 radical (unpaired) electrons. The Hall–Kier alpha value is -1.87. The molecule has 2 heterocycles. The van der Waals surface area contributed by atoms with Crippen molar-refractivity contribution in [2.24, 2.45) is 10.7 Å². The third-order valence-electron chi connectivity index (χ3n) is 5.24. The summed E-state index contributed by atoms with van der Waals surface area (Å²) in [5, 5.41) is 3.31. The number of nitrogens with two attached hydrogens (primary N) is 1. The molecule has 7 heteroatoms. The lowest BCUT2D eigenvalue weighted by Gasteiger charge is -2.36. The zero-order valence-electron chi connectivity index (χ0n) is 18.4. The summed E-state index contributed by atoms with van der Waals surface area (Å²) >= 11 is 0. The monoisotopic (exact) mass is 523 g/mol. The molecule has 0 aliphatic carbocycles. The molecular weight excluding hydrogens is 489 g/mol.